The van der Waals surface area contributed by atoms with Gasteiger partial charge < -0.3 is 16.4 Å². The Morgan fingerprint density at radius 2 is 2.29 bits per heavy atom. The first-order chi connectivity index (χ1) is 8.27. The Kier molecular flexibility index (Phi) is 3.80. The van der Waals surface area contributed by atoms with Crippen LogP contribution >= 0.6 is 0 Å². The lowest BCUT2D eigenvalue weighted by molar-refractivity contribution is -0.122. The molecule has 1 aromatic rings. The smallest absolute Gasteiger partial charge is 0.223 e. The summed E-state index contributed by atoms with van der Waals surface area (Å²) in [6, 6.07) is 3.61. The molecule has 1 amide bonds. The maximum absolute atomic E-state index is 11.3. The minimum atomic E-state index is 0.197. The van der Waals surface area contributed by atoms with Crippen LogP contribution in [0.3, 0.4) is 0 Å². The third-order valence-electron chi connectivity index (χ3n) is 2.73. The summed E-state index contributed by atoms with van der Waals surface area (Å²) in [7, 11) is 0. The van der Waals surface area contributed by atoms with Crippen LogP contribution in [0.15, 0.2) is 18.3 Å². The molecule has 4 N–H and O–H groups in total. The molecule has 0 bridgehead atoms. The number of anilines is 2. The lowest BCUT2D eigenvalue weighted by Gasteiger charge is -2.08. The summed E-state index contributed by atoms with van der Waals surface area (Å²) in [5, 5.41) is 6.06. The molecular formula is C12H18N4O. The first-order valence-electron chi connectivity index (χ1n) is 5.99. The summed E-state index contributed by atoms with van der Waals surface area (Å²) < 4.78 is 0. The first-order valence-corrected chi connectivity index (χ1v) is 5.99. The molecule has 92 valence electrons. The Bertz CT molecular complexity index is 390. The number of carbonyl (C=O) groups excluding carboxylic acids is 1. The number of carbonyl (C=O) groups is 1. The predicted octanol–water partition coefficient (Wildman–Crippen LogP) is 0.992. The maximum atomic E-state index is 11.3. The summed E-state index contributed by atoms with van der Waals surface area (Å²) in [6.45, 7) is 1.46. The van der Waals surface area contributed by atoms with Gasteiger partial charge >= 0.3 is 0 Å². The van der Waals surface area contributed by atoms with Gasteiger partial charge in [-0.1, -0.05) is 0 Å². The van der Waals surface area contributed by atoms with Gasteiger partial charge in [0, 0.05) is 25.2 Å². The van der Waals surface area contributed by atoms with Gasteiger partial charge in [-0.2, -0.15) is 0 Å². The van der Waals surface area contributed by atoms with E-state index in [-0.39, 0.29) is 11.8 Å². The van der Waals surface area contributed by atoms with E-state index in [4.69, 9.17) is 5.73 Å². The summed E-state index contributed by atoms with van der Waals surface area (Å²) in [4.78, 5) is 15.5. The molecule has 0 atom stereocenters. The lowest BCUT2D eigenvalue weighted by Crippen LogP contribution is -2.27. The van der Waals surface area contributed by atoms with Crippen molar-refractivity contribution in [1.82, 2.24) is 10.3 Å². The summed E-state index contributed by atoms with van der Waals surface area (Å²) >= 11 is 0. The monoisotopic (exact) mass is 234 g/mol. The van der Waals surface area contributed by atoms with Crippen LogP contribution in [-0.4, -0.2) is 24.0 Å². The van der Waals surface area contributed by atoms with Gasteiger partial charge in [-0.3, -0.25) is 4.79 Å². The summed E-state index contributed by atoms with van der Waals surface area (Å²) in [5.74, 6) is 1.19. The van der Waals surface area contributed by atoms with Gasteiger partial charge in [-0.25, -0.2) is 4.98 Å². The van der Waals surface area contributed by atoms with Crippen LogP contribution in [0, 0.1) is 5.92 Å². The van der Waals surface area contributed by atoms with Gasteiger partial charge in [-0.15, -0.1) is 0 Å². The average molecular weight is 234 g/mol. The molecule has 1 aliphatic rings. The number of nitrogen functional groups attached to an aromatic ring is 1. The predicted molar refractivity (Wildman–Crippen MR) is 67.5 cm³/mol. The fraction of sp³-hybridized carbons (Fsp3) is 0.500. The normalized spacial score (nSPS) is 14.4. The molecule has 1 heterocycles. The molecule has 1 aliphatic carbocycles. The van der Waals surface area contributed by atoms with Crippen molar-refractivity contribution in [3.05, 3.63) is 18.3 Å². The van der Waals surface area contributed by atoms with Crippen molar-refractivity contribution < 1.29 is 4.79 Å². The van der Waals surface area contributed by atoms with E-state index in [0.29, 0.717) is 18.1 Å². The molecular weight excluding hydrogens is 216 g/mol. The van der Waals surface area contributed by atoms with Crippen molar-refractivity contribution in [3.63, 3.8) is 0 Å². The minimum absolute atomic E-state index is 0.197. The fourth-order valence-corrected chi connectivity index (χ4v) is 1.56. The van der Waals surface area contributed by atoms with Gasteiger partial charge in [0.2, 0.25) is 5.91 Å². The van der Waals surface area contributed by atoms with Crippen molar-refractivity contribution in [2.24, 2.45) is 5.92 Å². The largest absolute Gasteiger partial charge is 0.396 e. The molecule has 0 saturated heterocycles. The van der Waals surface area contributed by atoms with Crippen molar-refractivity contribution in [1.29, 1.82) is 0 Å². The zero-order valence-electron chi connectivity index (χ0n) is 9.78. The Morgan fingerprint density at radius 3 is 3.00 bits per heavy atom. The molecule has 1 saturated carbocycles. The molecule has 0 aliphatic heterocycles. The topological polar surface area (TPSA) is 80.0 Å². The minimum Gasteiger partial charge on any atom is -0.396 e. The second kappa shape index (κ2) is 5.52. The molecule has 0 unspecified atom stereocenters. The number of aromatic nitrogens is 1. The molecule has 0 aromatic carbocycles. The van der Waals surface area contributed by atoms with Crippen LogP contribution in [0.25, 0.3) is 0 Å². The highest BCUT2D eigenvalue weighted by Crippen LogP contribution is 2.28. The molecule has 5 heteroatoms. The molecule has 2 rings (SSSR count). The van der Waals surface area contributed by atoms with E-state index in [2.05, 4.69) is 15.6 Å². The Labute approximate surface area is 101 Å². The van der Waals surface area contributed by atoms with E-state index in [9.17, 15) is 4.79 Å². The molecule has 0 spiro atoms. The van der Waals surface area contributed by atoms with Crippen LogP contribution in [-0.2, 0) is 4.79 Å². The van der Waals surface area contributed by atoms with E-state index in [1.54, 1.807) is 12.3 Å². The van der Waals surface area contributed by atoms with Crippen LogP contribution in [0.5, 0.6) is 0 Å². The van der Waals surface area contributed by atoms with E-state index in [0.717, 1.165) is 25.8 Å². The van der Waals surface area contributed by atoms with Gasteiger partial charge in [0.05, 0.1) is 5.69 Å². The highest BCUT2D eigenvalue weighted by Gasteiger charge is 2.28. The van der Waals surface area contributed by atoms with Crippen LogP contribution in [0.2, 0.25) is 0 Å². The van der Waals surface area contributed by atoms with Crippen LogP contribution in [0.1, 0.15) is 19.3 Å². The lowest BCUT2D eigenvalue weighted by atomic mass is 10.3. The number of pyridine rings is 1. The van der Waals surface area contributed by atoms with Crippen LogP contribution < -0.4 is 16.4 Å². The second-order valence-corrected chi connectivity index (χ2v) is 4.29. The SMILES string of the molecule is Nc1cccnc1NCCCNC(=O)C1CC1. The third-order valence-corrected chi connectivity index (χ3v) is 2.73. The van der Waals surface area contributed by atoms with E-state index in [1.807, 2.05) is 6.07 Å². The fourth-order valence-electron chi connectivity index (χ4n) is 1.56. The number of rotatable bonds is 6. The zero-order chi connectivity index (χ0) is 12.1. The van der Waals surface area contributed by atoms with Crippen molar-refractivity contribution in [3.8, 4) is 0 Å². The van der Waals surface area contributed by atoms with E-state index >= 15 is 0 Å². The number of hydrogen-bond donors (Lipinski definition) is 3. The van der Waals surface area contributed by atoms with Gasteiger partial charge in [0.1, 0.15) is 5.82 Å². The number of hydrogen-bond acceptors (Lipinski definition) is 4. The highest BCUT2D eigenvalue weighted by molar-refractivity contribution is 5.80. The maximum Gasteiger partial charge on any atom is 0.223 e. The Balaban J connectivity index is 1.59. The summed E-state index contributed by atoms with van der Waals surface area (Å²) in [5.41, 5.74) is 6.38. The summed E-state index contributed by atoms with van der Waals surface area (Å²) in [6.07, 6.45) is 4.67. The standard InChI is InChI=1S/C12H18N4O/c13-10-3-1-6-14-11(10)15-7-2-8-16-12(17)9-4-5-9/h1,3,6,9H,2,4-5,7-8,13H2,(H,14,15)(H,16,17). The number of nitrogens with zero attached hydrogens (tertiary/aromatic N) is 1. The molecule has 0 radical (unpaired) electrons. The highest BCUT2D eigenvalue weighted by atomic mass is 16.2. The van der Waals surface area contributed by atoms with Crippen LogP contribution in [0.4, 0.5) is 11.5 Å². The number of amides is 1. The molecule has 1 aromatic heterocycles. The van der Waals surface area contributed by atoms with Gasteiger partial charge in [0.25, 0.3) is 0 Å². The van der Waals surface area contributed by atoms with Crippen molar-refractivity contribution >= 4 is 17.4 Å². The quantitative estimate of drug-likeness (QED) is 0.641. The van der Waals surface area contributed by atoms with Crippen molar-refractivity contribution in [2.45, 2.75) is 19.3 Å². The van der Waals surface area contributed by atoms with Crippen molar-refractivity contribution in [2.75, 3.05) is 24.1 Å². The Morgan fingerprint density at radius 1 is 1.47 bits per heavy atom. The number of nitrogens with one attached hydrogen (secondary N) is 2. The first kappa shape index (κ1) is 11.7. The number of nitrogens with two attached hydrogens (primary N) is 1. The van der Waals surface area contributed by atoms with Gasteiger partial charge in [-0.05, 0) is 31.4 Å². The molecule has 1 fully saturated rings. The van der Waals surface area contributed by atoms with Gasteiger partial charge in [0.15, 0.2) is 0 Å². The average Bonchev–Trinajstić information content (AvgIpc) is 3.14. The zero-order valence-corrected chi connectivity index (χ0v) is 9.78. The molecule has 17 heavy (non-hydrogen) atoms. The van der Waals surface area contributed by atoms with E-state index in [1.165, 1.54) is 0 Å². The van der Waals surface area contributed by atoms with E-state index < -0.39 is 0 Å². The molecule has 5 nitrogen and oxygen atoms in total. The Hall–Kier alpha value is -1.78. The third kappa shape index (κ3) is 3.62. The second-order valence-electron chi connectivity index (χ2n) is 4.29.